The van der Waals surface area contributed by atoms with Crippen molar-refractivity contribution in [3.63, 3.8) is 0 Å². The van der Waals surface area contributed by atoms with Gasteiger partial charge in [-0.05, 0) is 99.4 Å². The maximum Gasteiger partial charge on any atom is 0.236 e. The molecule has 6 rings (SSSR count). The molecule has 6 aromatic rings. The Morgan fingerprint density at radius 1 is 0.370 bits per heavy atom. The average Bonchev–Trinajstić information content (AvgIpc) is 0.731. The Bertz CT molecular complexity index is 3600. The minimum Gasteiger partial charge on any atom is -0.491 e. The van der Waals surface area contributed by atoms with E-state index in [0.717, 1.165) is 75.8 Å². The zero-order chi connectivity index (χ0) is 73.9. The third kappa shape index (κ3) is 23.3. The highest BCUT2D eigenvalue weighted by atomic mass is 16.5. The SMILES string of the molecule is CC(=O)NCCCCCCc1cc(C(c2cc(C(C)(C)C)cc(C(C)(C)C)c2OCCNC(=O)CC(=O)N(C)c2ccccc2)c2cc(C(C)(C)C)cc(C(C)(C)C)c2OCCNC(=O)CC(=O)N(C)c2ccccc2)c(OCCNC(=O)CC(=O)N(C)c2ccccc2)c(C(C)(C)C)c1. The van der Waals surface area contributed by atoms with Gasteiger partial charge >= 0.3 is 0 Å². The summed E-state index contributed by atoms with van der Waals surface area (Å²) in [5.41, 5.74) is 7.81. The predicted molar refractivity (Wildman–Crippen MR) is 404 cm³/mol. The lowest BCUT2D eigenvalue weighted by molar-refractivity contribution is -0.129. The van der Waals surface area contributed by atoms with Gasteiger partial charge in [-0.1, -0.05) is 208 Å². The van der Waals surface area contributed by atoms with Crippen LogP contribution in [-0.2, 0) is 67.1 Å². The van der Waals surface area contributed by atoms with E-state index in [-0.39, 0.29) is 82.3 Å². The molecule has 17 heteroatoms. The zero-order valence-corrected chi connectivity index (χ0v) is 63.2. The molecule has 7 amide bonds. The number of rotatable bonds is 31. The van der Waals surface area contributed by atoms with Gasteiger partial charge in [0.1, 0.15) is 56.3 Å². The number of carbonyl (C=O) groups excluding carboxylic acids is 7. The van der Waals surface area contributed by atoms with E-state index in [9.17, 15) is 33.6 Å². The van der Waals surface area contributed by atoms with Crippen LogP contribution in [0.25, 0.3) is 0 Å². The molecule has 0 atom stereocenters. The number of nitrogens with zero attached hydrogens (tertiary/aromatic N) is 3. The molecule has 0 spiro atoms. The number of unbranched alkanes of at least 4 members (excludes halogenated alkanes) is 3. The lowest BCUT2D eigenvalue weighted by atomic mass is 9.71. The van der Waals surface area contributed by atoms with Crippen LogP contribution in [0.15, 0.2) is 127 Å². The number of ether oxygens (including phenoxy) is 3. The van der Waals surface area contributed by atoms with Crippen LogP contribution in [0, 0.1) is 0 Å². The quantitative estimate of drug-likeness (QED) is 0.0184. The number of carbonyl (C=O) groups is 7. The number of benzene rings is 6. The van der Waals surface area contributed by atoms with Crippen LogP contribution in [0.4, 0.5) is 17.1 Å². The Balaban J connectivity index is 1.62. The van der Waals surface area contributed by atoms with E-state index in [1.165, 1.54) is 21.6 Å². The summed E-state index contributed by atoms with van der Waals surface area (Å²) in [6, 6.07) is 41.0. The fraction of sp³-hybridized carbons (Fsp3) is 0.482. The number of aryl methyl sites for hydroxylation is 1. The van der Waals surface area contributed by atoms with E-state index in [1.807, 2.05) is 91.0 Å². The summed E-state index contributed by atoms with van der Waals surface area (Å²) >= 11 is 0. The first-order chi connectivity index (χ1) is 46.9. The van der Waals surface area contributed by atoms with Crippen LogP contribution in [0.3, 0.4) is 0 Å². The molecule has 0 bridgehead atoms. The lowest BCUT2D eigenvalue weighted by Gasteiger charge is -2.36. The fourth-order valence-electron chi connectivity index (χ4n) is 11.8. The number of hydrogen-bond acceptors (Lipinski definition) is 10. The summed E-state index contributed by atoms with van der Waals surface area (Å²) in [7, 11) is 4.95. The largest absolute Gasteiger partial charge is 0.491 e. The number of anilines is 3. The molecule has 0 saturated heterocycles. The van der Waals surface area contributed by atoms with Gasteiger partial charge in [-0.25, -0.2) is 0 Å². The second-order valence-corrected chi connectivity index (χ2v) is 31.3. The fourth-order valence-corrected chi connectivity index (χ4v) is 11.8. The van der Waals surface area contributed by atoms with Gasteiger partial charge in [0.2, 0.25) is 41.4 Å². The van der Waals surface area contributed by atoms with E-state index in [1.54, 1.807) is 21.1 Å². The van der Waals surface area contributed by atoms with Gasteiger partial charge in [0.05, 0.1) is 19.6 Å². The number of amides is 7. The summed E-state index contributed by atoms with van der Waals surface area (Å²) in [6.45, 7) is 35.0. The maximum absolute atomic E-state index is 13.8. The van der Waals surface area contributed by atoms with E-state index in [4.69, 9.17) is 14.2 Å². The van der Waals surface area contributed by atoms with E-state index >= 15 is 0 Å². The van der Waals surface area contributed by atoms with Crippen LogP contribution in [0.5, 0.6) is 17.2 Å². The summed E-state index contributed by atoms with van der Waals surface area (Å²) in [4.78, 5) is 98.0. The van der Waals surface area contributed by atoms with Crippen molar-refractivity contribution in [3.05, 3.63) is 177 Å². The van der Waals surface area contributed by atoms with Crippen molar-refractivity contribution in [3.8, 4) is 17.2 Å². The Morgan fingerprint density at radius 2 is 0.680 bits per heavy atom. The summed E-state index contributed by atoms with van der Waals surface area (Å²) < 4.78 is 22.0. The zero-order valence-electron chi connectivity index (χ0n) is 63.2. The van der Waals surface area contributed by atoms with Crippen LogP contribution in [0.2, 0.25) is 0 Å². The number of para-hydroxylation sites is 3. The molecule has 0 heterocycles. The Hall–Kier alpha value is -8.99. The molecular formula is C83H113N7O10. The smallest absolute Gasteiger partial charge is 0.236 e. The van der Waals surface area contributed by atoms with E-state index in [2.05, 4.69) is 162 Å². The molecule has 0 aliphatic carbocycles. The summed E-state index contributed by atoms with van der Waals surface area (Å²) in [5.74, 6) is -1.49. The van der Waals surface area contributed by atoms with Gasteiger partial charge in [-0.3, -0.25) is 33.6 Å². The van der Waals surface area contributed by atoms with Crippen molar-refractivity contribution in [2.75, 3.05) is 81.8 Å². The lowest BCUT2D eigenvalue weighted by Crippen LogP contribution is -2.35. The van der Waals surface area contributed by atoms with Crippen LogP contribution in [-0.4, -0.2) is 108 Å². The molecule has 0 unspecified atom stereocenters. The highest BCUT2D eigenvalue weighted by Gasteiger charge is 2.38. The molecule has 540 valence electrons. The molecular weight excluding hydrogens is 1250 g/mol. The van der Waals surface area contributed by atoms with Gasteiger partial charge in [-0.2, -0.15) is 0 Å². The van der Waals surface area contributed by atoms with E-state index in [0.29, 0.717) is 47.3 Å². The van der Waals surface area contributed by atoms with Crippen molar-refractivity contribution in [1.82, 2.24) is 21.3 Å². The molecule has 0 radical (unpaired) electrons. The third-order valence-corrected chi connectivity index (χ3v) is 17.8. The minimum atomic E-state index is -0.771. The van der Waals surface area contributed by atoms with Crippen molar-refractivity contribution >= 4 is 58.4 Å². The maximum atomic E-state index is 13.8. The third-order valence-electron chi connectivity index (χ3n) is 17.8. The molecule has 0 aliphatic heterocycles. The first-order valence-corrected chi connectivity index (χ1v) is 35.3. The van der Waals surface area contributed by atoms with Crippen molar-refractivity contribution in [2.24, 2.45) is 0 Å². The standard InChI is InChI=1S/C83H113N7O10/c1-56(91)84-40-32-21-20-25-33-57-47-63(76(66(48-57)81(8,9)10)98-44-41-85-69(92)53-72(95)88(17)60-34-26-22-27-35-60)75(64-49-58(79(2,3)4)51-67(82(11,12)13)77(64)99-45-42-86-70(93)54-73(96)89(18)61-36-28-23-29-37-61)65-50-59(80(5,6)7)52-68(83(14,15)16)78(65)100-46-43-87-71(94)55-74(97)90(19)62-38-30-24-31-39-62/h22-24,26-31,34-39,47-52,75H,20-21,25,32-33,40-46,53-55H2,1-19H3,(H,84,91)(H,85,92)(H,86,93)(H,87,94). The normalized spacial score (nSPS) is 11.9. The predicted octanol–water partition coefficient (Wildman–Crippen LogP) is 14.2. The summed E-state index contributed by atoms with van der Waals surface area (Å²) in [6.07, 6.45) is 3.10. The Labute approximate surface area is 596 Å². The van der Waals surface area contributed by atoms with Crippen molar-refractivity contribution in [2.45, 2.75) is 195 Å². The van der Waals surface area contributed by atoms with Gasteiger partial charge in [0.15, 0.2) is 0 Å². The molecule has 100 heavy (non-hydrogen) atoms. The average molecular weight is 1370 g/mol. The summed E-state index contributed by atoms with van der Waals surface area (Å²) in [5, 5.41) is 11.9. The van der Waals surface area contributed by atoms with Crippen LogP contribution < -0.4 is 50.2 Å². The van der Waals surface area contributed by atoms with Crippen LogP contribution >= 0.6 is 0 Å². The van der Waals surface area contributed by atoms with Crippen molar-refractivity contribution in [1.29, 1.82) is 0 Å². The van der Waals surface area contributed by atoms with Gasteiger partial charge in [0.25, 0.3) is 0 Å². The highest BCUT2D eigenvalue weighted by molar-refractivity contribution is 6.06. The highest BCUT2D eigenvalue weighted by Crippen LogP contribution is 2.53. The number of nitrogens with one attached hydrogen (secondary N) is 4. The number of hydrogen-bond donors (Lipinski definition) is 4. The second kappa shape index (κ2) is 35.4. The monoisotopic (exact) mass is 1370 g/mol. The van der Waals surface area contributed by atoms with Crippen molar-refractivity contribution < 1.29 is 47.8 Å². The van der Waals surface area contributed by atoms with Crippen LogP contribution in [0.1, 0.15) is 212 Å². The molecule has 6 aromatic carbocycles. The topological polar surface area (TPSA) is 205 Å². The first-order valence-electron chi connectivity index (χ1n) is 35.3. The Morgan fingerprint density at radius 3 is 0.990 bits per heavy atom. The Kier molecular flexibility index (Phi) is 28.3. The van der Waals surface area contributed by atoms with Gasteiger partial charge < -0.3 is 50.2 Å². The molecule has 4 N–H and O–H groups in total. The molecule has 17 nitrogen and oxygen atoms in total. The van der Waals surface area contributed by atoms with Gasteiger partial charge in [0, 0.05) is 91.0 Å². The van der Waals surface area contributed by atoms with E-state index < -0.39 is 50.7 Å². The molecule has 0 aliphatic rings. The molecule has 0 saturated carbocycles. The second-order valence-electron chi connectivity index (χ2n) is 31.3. The van der Waals surface area contributed by atoms with Gasteiger partial charge in [-0.15, -0.1) is 0 Å². The molecule has 0 aromatic heterocycles. The first kappa shape index (κ1) is 80.0. The minimum absolute atomic E-state index is 0.0227. The molecule has 0 fully saturated rings.